The predicted molar refractivity (Wildman–Crippen MR) is 274 cm³/mol. The third kappa shape index (κ3) is 17.0. The molecule has 5 fully saturated rings. The number of rotatable bonds is 9. The first-order chi connectivity index (χ1) is 38.7. The van der Waals surface area contributed by atoms with Gasteiger partial charge in [-0.15, -0.1) is 0 Å². The summed E-state index contributed by atoms with van der Waals surface area (Å²) in [5, 5.41) is 10.8. The maximum absolute atomic E-state index is 13.8. The van der Waals surface area contributed by atoms with Crippen LogP contribution in [0.25, 0.3) is 0 Å². The van der Waals surface area contributed by atoms with Gasteiger partial charge in [0.2, 0.25) is 0 Å². The van der Waals surface area contributed by atoms with Crippen LogP contribution in [-0.2, 0) is 53.4 Å². The lowest BCUT2D eigenvalue weighted by Crippen LogP contribution is -2.38. The number of ketones is 3. The van der Waals surface area contributed by atoms with Crippen molar-refractivity contribution in [3.63, 3.8) is 0 Å². The second-order valence-electron chi connectivity index (χ2n) is 21.9. The average molecular weight is 1190 g/mol. The van der Waals surface area contributed by atoms with Gasteiger partial charge in [0, 0.05) is 62.9 Å². The zero-order valence-corrected chi connectivity index (χ0v) is 45.3. The van der Waals surface area contributed by atoms with Crippen LogP contribution in [-0.4, -0.2) is 71.7 Å². The Hall–Kier alpha value is -6.20. The normalized spacial score (nSPS) is 25.2. The maximum Gasteiger partial charge on any atom is 0.416 e. The Morgan fingerprint density at radius 1 is 0.554 bits per heavy atom. The molecule has 0 spiro atoms. The molecule has 4 aromatic rings. The van der Waals surface area contributed by atoms with Crippen LogP contribution < -0.4 is 5.32 Å². The Bertz CT molecular complexity index is 2880. The third-order valence-corrected chi connectivity index (χ3v) is 16.1. The molecule has 0 unspecified atom stereocenters. The number of hydrogen-bond acceptors (Lipinski definition) is 8. The molecule has 2 aliphatic heterocycles. The van der Waals surface area contributed by atoms with Crippen LogP contribution in [0.15, 0.2) is 96.7 Å². The summed E-state index contributed by atoms with van der Waals surface area (Å²) < 4.78 is 200. The van der Waals surface area contributed by atoms with Crippen molar-refractivity contribution in [2.24, 2.45) is 23.7 Å². The summed E-state index contributed by atoms with van der Waals surface area (Å²) in [6, 6.07) is 15.1. The fraction of sp³-hybridized carbons (Fsp3) is 0.500. The van der Waals surface area contributed by atoms with Crippen molar-refractivity contribution in [2.75, 3.05) is 26.2 Å². The number of ether oxygens (including phenoxy) is 2. The van der Waals surface area contributed by atoms with Crippen molar-refractivity contribution >= 4 is 23.3 Å². The standard InChI is InChI=1S/C29H28F7NO2.C24H24F7NO.C5H6O2.C2H4O2/c1-16(19-10-20(28(31,32)33)12-21(11-19)29(34,35)36)39-26-9-4-18-14-37(23-7-8-24(38)13-23)15-25(18)27(26)17-2-5-22(30)6-3-17;1-13(16-8-17(23(26,27)28)10-18(9-16)24(29,30)31)33-21-7-4-15-11-32-12-20(15)22(21)14-2-5-19(25)6-3-14;6-4-1-2-5(7)3-4;1-2(3)4/h2-3,5-6,10-13,16,18,25-27H,4,7-9,14-15H2,1H3;2-3,5-6,8-10,13,15,20-22,32H,4,7,11-12H2,1H3;1-3H2;1H3,(H,3,4)/t16-,18-,25-,26+,27+;13-,15-,20-,21+,22+;;/m11../s1. The molecule has 10 rings (SSSR count). The smallest absolute Gasteiger partial charge is 0.416 e. The second kappa shape index (κ2) is 26.4. The van der Waals surface area contributed by atoms with Gasteiger partial charge in [0.1, 0.15) is 23.2 Å². The lowest BCUT2D eigenvalue weighted by molar-refractivity contribution is -0.145. The van der Waals surface area contributed by atoms with E-state index in [1.165, 1.54) is 38.1 Å². The van der Waals surface area contributed by atoms with Crippen molar-refractivity contribution < 1.29 is 95.2 Å². The number of aliphatic carboxylic acids is 1. The van der Waals surface area contributed by atoms with E-state index in [9.17, 15) is 75.8 Å². The molecule has 0 radical (unpaired) electrons. The van der Waals surface area contributed by atoms with Crippen LogP contribution in [0.5, 0.6) is 0 Å². The van der Waals surface area contributed by atoms with Gasteiger partial charge in [-0.1, -0.05) is 24.3 Å². The van der Waals surface area contributed by atoms with E-state index in [0.717, 1.165) is 68.4 Å². The number of alkyl halides is 12. The van der Waals surface area contributed by atoms with Crippen LogP contribution >= 0.6 is 0 Å². The third-order valence-electron chi connectivity index (χ3n) is 16.1. The minimum Gasteiger partial charge on any atom is -0.481 e. The van der Waals surface area contributed by atoms with Crippen LogP contribution in [0, 0.1) is 35.3 Å². The average Bonchev–Trinajstić information content (AvgIpc) is 2.97. The molecule has 23 heteroatoms. The largest absolute Gasteiger partial charge is 0.481 e. The van der Waals surface area contributed by atoms with Crippen molar-refractivity contribution in [2.45, 2.75) is 140 Å². The molecule has 10 atom stereocenters. The Balaban J connectivity index is 0.000000203. The van der Waals surface area contributed by atoms with Crippen molar-refractivity contribution in [1.82, 2.24) is 10.2 Å². The molecule has 0 bridgehead atoms. The number of nitrogens with zero attached hydrogens (tertiary/aromatic N) is 1. The van der Waals surface area contributed by atoms with Gasteiger partial charge in [0.25, 0.3) is 5.97 Å². The SMILES string of the molecule is CC(=O)O.C[C@@H](O[C@H]1CC[C@@H]2CN(C3=CC(=O)CC3)C[C@H]2[C@@H]1c1ccc(F)cc1)c1cc(C(F)(F)F)cc(C(F)(F)F)c1.C[C@@H](O[C@H]1CC[C@@H]2CNC[C@H]2[C@@H]1c1ccc(F)cc1)c1cc(C(F)(F)F)cc(C(F)(F)F)c1.O=C1CCC(=O)C1. The summed E-state index contributed by atoms with van der Waals surface area (Å²) in [5.41, 5.74) is -3.22. The van der Waals surface area contributed by atoms with E-state index in [0.29, 0.717) is 63.1 Å². The zero-order chi connectivity index (χ0) is 60.9. The number of carboxylic acids is 1. The van der Waals surface area contributed by atoms with E-state index in [-0.39, 0.29) is 82.4 Å². The molecular weight excluding hydrogens is 1130 g/mol. The molecular formula is C60H62F14N2O7. The minimum absolute atomic E-state index is 0.0604. The van der Waals surface area contributed by atoms with E-state index in [1.54, 1.807) is 30.3 Å². The summed E-state index contributed by atoms with van der Waals surface area (Å²) in [7, 11) is 0. The number of halogens is 14. The summed E-state index contributed by atoms with van der Waals surface area (Å²) in [5.74, 6) is -0.832. The number of likely N-dealkylation sites (tertiary alicyclic amines) is 1. The Kier molecular flexibility index (Phi) is 20.5. The van der Waals surface area contributed by atoms with Gasteiger partial charge in [-0.3, -0.25) is 19.2 Å². The quantitative estimate of drug-likeness (QED) is 0.125. The van der Waals surface area contributed by atoms with Gasteiger partial charge in [0.05, 0.1) is 53.1 Å². The summed E-state index contributed by atoms with van der Waals surface area (Å²) >= 11 is 0. The molecule has 3 saturated carbocycles. The monoisotopic (exact) mass is 1190 g/mol. The summed E-state index contributed by atoms with van der Waals surface area (Å²) in [6.07, 6.45) is -16.0. The molecule has 9 nitrogen and oxygen atoms in total. The highest BCUT2D eigenvalue weighted by Gasteiger charge is 2.48. The summed E-state index contributed by atoms with van der Waals surface area (Å²) in [6.45, 7) is 6.97. The molecule has 6 aliphatic rings. The van der Waals surface area contributed by atoms with Crippen molar-refractivity contribution in [3.05, 3.63) is 153 Å². The number of fused-ring (bicyclic) bond motifs is 2. The number of carboxylic acid groups (broad SMARTS) is 1. The van der Waals surface area contributed by atoms with Gasteiger partial charge in [-0.05, 0) is 166 Å². The maximum atomic E-state index is 13.8. The summed E-state index contributed by atoms with van der Waals surface area (Å²) in [4.78, 5) is 43.5. The zero-order valence-electron chi connectivity index (χ0n) is 45.3. The molecule has 0 aromatic heterocycles. The van der Waals surface area contributed by atoms with Gasteiger partial charge in [0.15, 0.2) is 5.78 Å². The molecule has 2 N–H and O–H groups in total. The molecule has 0 amide bonds. The fourth-order valence-electron chi connectivity index (χ4n) is 12.2. The van der Waals surface area contributed by atoms with Crippen LogP contribution in [0.3, 0.4) is 0 Å². The minimum atomic E-state index is -4.95. The lowest BCUT2D eigenvalue weighted by Gasteiger charge is -2.41. The molecule has 452 valence electrons. The molecule has 83 heavy (non-hydrogen) atoms. The molecule has 4 aliphatic carbocycles. The van der Waals surface area contributed by atoms with Gasteiger partial charge in [-0.2, -0.15) is 52.7 Å². The molecule has 2 saturated heterocycles. The van der Waals surface area contributed by atoms with E-state index in [2.05, 4.69) is 10.2 Å². The first-order valence-corrected chi connectivity index (χ1v) is 27.1. The molecule has 2 heterocycles. The van der Waals surface area contributed by atoms with E-state index in [4.69, 9.17) is 19.4 Å². The number of carbonyl (C=O) groups is 4. The Morgan fingerprint density at radius 2 is 0.952 bits per heavy atom. The van der Waals surface area contributed by atoms with Gasteiger partial charge in [-0.25, -0.2) is 8.78 Å². The van der Waals surface area contributed by atoms with E-state index in [1.807, 2.05) is 0 Å². The first kappa shape index (κ1) is 64.4. The van der Waals surface area contributed by atoms with Gasteiger partial charge < -0.3 is 24.8 Å². The number of carbonyl (C=O) groups excluding carboxylic acids is 3. The second-order valence-corrected chi connectivity index (χ2v) is 21.9. The van der Waals surface area contributed by atoms with E-state index < -0.39 is 83.2 Å². The van der Waals surface area contributed by atoms with E-state index >= 15 is 0 Å². The van der Waals surface area contributed by atoms with Crippen LogP contribution in [0.1, 0.15) is 147 Å². The number of hydrogen-bond donors (Lipinski definition) is 2. The lowest BCUT2D eigenvalue weighted by atomic mass is 9.69. The Labute approximate surface area is 469 Å². The highest BCUT2D eigenvalue weighted by Crippen LogP contribution is 2.50. The number of allylic oxidation sites excluding steroid dienone is 2. The predicted octanol–water partition coefficient (Wildman–Crippen LogP) is 14.8. The highest BCUT2D eigenvalue weighted by molar-refractivity contribution is 6.05. The first-order valence-electron chi connectivity index (χ1n) is 27.1. The fourth-order valence-corrected chi connectivity index (χ4v) is 12.2. The molecule has 4 aromatic carbocycles. The van der Waals surface area contributed by atoms with Crippen molar-refractivity contribution in [3.8, 4) is 0 Å². The highest BCUT2D eigenvalue weighted by atomic mass is 19.4. The van der Waals surface area contributed by atoms with Gasteiger partial charge >= 0.3 is 24.7 Å². The van der Waals surface area contributed by atoms with Crippen molar-refractivity contribution in [1.29, 1.82) is 0 Å². The number of Topliss-reactive ketones (excluding diaryl/α,β-unsaturated/α-hetero) is 2. The van der Waals surface area contributed by atoms with Crippen LogP contribution in [0.2, 0.25) is 0 Å². The topological polar surface area (TPSA) is 122 Å². The number of nitrogens with one attached hydrogen (secondary N) is 1. The number of benzene rings is 4. The van der Waals surface area contributed by atoms with Crippen LogP contribution in [0.4, 0.5) is 61.5 Å². The Morgan fingerprint density at radius 3 is 1.31 bits per heavy atom.